The zero-order valence-corrected chi connectivity index (χ0v) is 12.6. The van der Waals surface area contributed by atoms with Crippen LogP contribution in [0.25, 0.3) is 5.69 Å². The van der Waals surface area contributed by atoms with E-state index < -0.39 is 0 Å². The summed E-state index contributed by atoms with van der Waals surface area (Å²) in [5.41, 5.74) is 1.39. The van der Waals surface area contributed by atoms with Crippen LogP contribution in [0.1, 0.15) is 10.5 Å². The summed E-state index contributed by atoms with van der Waals surface area (Å²) in [6.45, 7) is 0.836. The molecule has 3 aromatic rings. The molecular formula is C18H17N3O2. The molecule has 0 unspecified atom stereocenters. The molecule has 5 nitrogen and oxygen atoms in total. The Morgan fingerprint density at radius 1 is 1.04 bits per heavy atom. The summed E-state index contributed by atoms with van der Waals surface area (Å²) in [6, 6.07) is 19.1. The van der Waals surface area contributed by atoms with Crippen LogP contribution in [-0.2, 0) is 0 Å². The van der Waals surface area contributed by atoms with E-state index in [4.69, 9.17) is 4.74 Å². The first-order chi connectivity index (χ1) is 11.3. The number of rotatable bonds is 6. The summed E-state index contributed by atoms with van der Waals surface area (Å²) < 4.78 is 7.31. The van der Waals surface area contributed by atoms with E-state index >= 15 is 0 Å². The molecule has 23 heavy (non-hydrogen) atoms. The highest BCUT2D eigenvalue weighted by Crippen LogP contribution is 2.11. The monoisotopic (exact) mass is 307 g/mol. The molecule has 1 amide bonds. The van der Waals surface area contributed by atoms with Gasteiger partial charge in [-0.25, -0.2) is 4.98 Å². The molecule has 1 aromatic heterocycles. The van der Waals surface area contributed by atoms with Gasteiger partial charge in [0.05, 0.1) is 19.1 Å². The van der Waals surface area contributed by atoms with Crippen LogP contribution in [-0.4, -0.2) is 28.6 Å². The number of carbonyl (C=O) groups excluding carboxylic acids is 1. The van der Waals surface area contributed by atoms with Crippen molar-refractivity contribution in [3.63, 3.8) is 0 Å². The first-order valence-corrected chi connectivity index (χ1v) is 7.38. The minimum atomic E-state index is -0.178. The Morgan fingerprint density at radius 3 is 2.48 bits per heavy atom. The van der Waals surface area contributed by atoms with Crippen LogP contribution in [0.4, 0.5) is 0 Å². The molecule has 0 spiro atoms. The van der Waals surface area contributed by atoms with E-state index in [0.717, 1.165) is 11.4 Å². The second-order valence-corrected chi connectivity index (χ2v) is 4.90. The van der Waals surface area contributed by atoms with Crippen LogP contribution in [0.2, 0.25) is 0 Å². The normalized spacial score (nSPS) is 10.3. The zero-order chi connectivity index (χ0) is 15.9. The summed E-state index contributed by atoms with van der Waals surface area (Å²) >= 11 is 0. The quantitative estimate of drug-likeness (QED) is 0.712. The van der Waals surface area contributed by atoms with E-state index in [1.165, 1.54) is 0 Å². The maximum Gasteiger partial charge on any atom is 0.270 e. The molecule has 0 fully saturated rings. The van der Waals surface area contributed by atoms with E-state index in [2.05, 4.69) is 10.3 Å². The van der Waals surface area contributed by atoms with Gasteiger partial charge in [0.1, 0.15) is 18.1 Å². The van der Waals surface area contributed by atoms with Gasteiger partial charge in [-0.05, 0) is 24.3 Å². The largest absolute Gasteiger partial charge is 0.492 e. The molecule has 2 aromatic carbocycles. The number of ether oxygens (including phenoxy) is 1. The minimum absolute atomic E-state index is 0.178. The third kappa shape index (κ3) is 3.77. The third-order valence-electron chi connectivity index (χ3n) is 3.31. The fraction of sp³-hybridized carbons (Fsp3) is 0.111. The lowest BCUT2D eigenvalue weighted by Gasteiger charge is -2.09. The molecule has 3 rings (SSSR count). The second-order valence-electron chi connectivity index (χ2n) is 4.90. The lowest BCUT2D eigenvalue weighted by molar-refractivity contribution is 0.0940. The molecule has 0 atom stereocenters. The highest BCUT2D eigenvalue weighted by atomic mass is 16.5. The van der Waals surface area contributed by atoms with Gasteiger partial charge in [0.15, 0.2) is 0 Å². The van der Waals surface area contributed by atoms with Gasteiger partial charge in [0.25, 0.3) is 5.91 Å². The van der Waals surface area contributed by atoms with Crippen molar-refractivity contribution in [3.05, 3.63) is 78.9 Å². The van der Waals surface area contributed by atoms with Crippen molar-refractivity contribution in [2.75, 3.05) is 13.2 Å². The standard InChI is InChI=1S/C18H17N3O2/c22-18(20-11-12-23-16-9-5-2-6-10-16)17-13-19-14-21(17)15-7-3-1-4-8-15/h1-10,13-14H,11-12H2,(H,20,22). The number of nitrogens with one attached hydrogen (secondary N) is 1. The summed E-state index contributed by atoms with van der Waals surface area (Å²) in [4.78, 5) is 16.4. The fourth-order valence-electron chi connectivity index (χ4n) is 2.20. The van der Waals surface area contributed by atoms with Crippen LogP contribution in [0.5, 0.6) is 5.75 Å². The Kier molecular flexibility index (Phi) is 4.69. The first kappa shape index (κ1) is 14.8. The van der Waals surface area contributed by atoms with Crippen LogP contribution < -0.4 is 10.1 Å². The molecule has 0 bridgehead atoms. The Hall–Kier alpha value is -3.08. The lowest BCUT2D eigenvalue weighted by atomic mass is 10.3. The lowest BCUT2D eigenvalue weighted by Crippen LogP contribution is -2.29. The Morgan fingerprint density at radius 2 is 1.74 bits per heavy atom. The average Bonchev–Trinajstić information content (AvgIpc) is 3.10. The van der Waals surface area contributed by atoms with Gasteiger partial charge in [-0.1, -0.05) is 36.4 Å². The summed E-state index contributed by atoms with van der Waals surface area (Å²) in [5, 5.41) is 2.84. The summed E-state index contributed by atoms with van der Waals surface area (Å²) in [5.74, 6) is 0.610. The predicted octanol–water partition coefficient (Wildman–Crippen LogP) is 2.68. The fourth-order valence-corrected chi connectivity index (χ4v) is 2.20. The number of amides is 1. The molecule has 1 N–H and O–H groups in total. The van der Waals surface area contributed by atoms with Gasteiger partial charge in [-0.3, -0.25) is 9.36 Å². The average molecular weight is 307 g/mol. The van der Waals surface area contributed by atoms with Crippen molar-refractivity contribution in [3.8, 4) is 11.4 Å². The van der Waals surface area contributed by atoms with Gasteiger partial charge in [0.2, 0.25) is 0 Å². The number of nitrogens with zero attached hydrogens (tertiary/aromatic N) is 2. The smallest absolute Gasteiger partial charge is 0.270 e. The van der Waals surface area contributed by atoms with Crippen LogP contribution in [0.15, 0.2) is 73.2 Å². The van der Waals surface area contributed by atoms with E-state index in [1.54, 1.807) is 17.1 Å². The van der Waals surface area contributed by atoms with Gasteiger partial charge in [-0.2, -0.15) is 0 Å². The van der Waals surface area contributed by atoms with Crippen molar-refractivity contribution >= 4 is 5.91 Å². The minimum Gasteiger partial charge on any atom is -0.492 e. The molecule has 1 heterocycles. The van der Waals surface area contributed by atoms with Gasteiger partial charge in [-0.15, -0.1) is 0 Å². The third-order valence-corrected chi connectivity index (χ3v) is 3.31. The van der Waals surface area contributed by atoms with Crippen LogP contribution in [0, 0.1) is 0 Å². The van der Waals surface area contributed by atoms with Gasteiger partial charge in [0, 0.05) is 5.69 Å². The first-order valence-electron chi connectivity index (χ1n) is 7.38. The van der Waals surface area contributed by atoms with Crippen molar-refractivity contribution in [2.24, 2.45) is 0 Å². The SMILES string of the molecule is O=C(NCCOc1ccccc1)c1cncn1-c1ccccc1. The maximum absolute atomic E-state index is 12.3. The van der Waals surface area contributed by atoms with Gasteiger partial charge >= 0.3 is 0 Å². The van der Waals surface area contributed by atoms with E-state index in [9.17, 15) is 4.79 Å². The number of imidazole rings is 1. The molecule has 0 aliphatic rings. The maximum atomic E-state index is 12.3. The van der Waals surface area contributed by atoms with E-state index in [-0.39, 0.29) is 5.91 Å². The predicted molar refractivity (Wildman–Crippen MR) is 87.8 cm³/mol. The van der Waals surface area contributed by atoms with E-state index in [0.29, 0.717) is 18.8 Å². The summed E-state index contributed by atoms with van der Waals surface area (Å²) in [7, 11) is 0. The van der Waals surface area contributed by atoms with Crippen molar-refractivity contribution in [1.82, 2.24) is 14.9 Å². The molecule has 0 aliphatic carbocycles. The van der Waals surface area contributed by atoms with E-state index in [1.807, 2.05) is 60.7 Å². The number of hydrogen-bond donors (Lipinski definition) is 1. The van der Waals surface area contributed by atoms with Crippen LogP contribution in [0.3, 0.4) is 0 Å². The Bertz CT molecular complexity index is 754. The number of carbonyl (C=O) groups is 1. The molecule has 0 saturated carbocycles. The summed E-state index contributed by atoms with van der Waals surface area (Å²) in [6.07, 6.45) is 3.19. The molecule has 5 heteroatoms. The Labute approximate surface area is 134 Å². The Balaban J connectivity index is 1.56. The van der Waals surface area contributed by atoms with Crippen molar-refractivity contribution < 1.29 is 9.53 Å². The molecule has 0 radical (unpaired) electrons. The highest BCUT2D eigenvalue weighted by molar-refractivity contribution is 5.92. The topological polar surface area (TPSA) is 56.1 Å². The van der Waals surface area contributed by atoms with Crippen molar-refractivity contribution in [2.45, 2.75) is 0 Å². The molecule has 116 valence electrons. The number of hydrogen-bond acceptors (Lipinski definition) is 3. The molecular weight excluding hydrogens is 290 g/mol. The van der Waals surface area contributed by atoms with Gasteiger partial charge < -0.3 is 10.1 Å². The van der Waals surface area contributed by atoms with Crippen molar-refractivity contribution in [1.29, 1.82) is 0 Å². The second kappa shape index (κ2) is 7.26. The molecule has 0 aliphatic heterocycles. The molecule has 0 saturated heterocycles. The number of aromatic nitrogens is 2. The highest BCUT2D eigenvalue weighted by Gasteiger charge is 2.12. The number of benzene rings is 2. The number of para-hydroxylation sites is 2. The van der Waals surface area contributed by atoms with Crippen LogP contribution >= 0.6 is 0 Å². The zero-order valence-electron chi connectivity index (χ0n) is 12.6.